The van der Waals surface area contributed by atoms with Crippen LogP contribution in [0, 0.1) is 5.41 Å². The van der Waals surface area contributed by atoms with Gasteiger partial charge in [0.15, 0.2) is 11.6 Å². The predicted molar refractivity (Wildman–Crippen MR) is 74.7 cm³/mol. The van der Waals surface area contributed by atoms with Crippen LogP contribution in [-0.2, 0) is 11.2 Å². The molecule has 0 saturated carbocycles. The van der Waals surface area contributed by atoms with E-state index < -0.39 is 0 Å². The third kappa shape index (κ3) is 2.60. The number of fused-ring (bicyclic) bond motifs is 1. The largest absolute Gasteiger partial charge is 0.368 e. The summed E-state index contributed by atoms with van der Waals surface area (Å²) in [6.07, 6.45) is 3.00. The molecule has 0 radical (unpaired) electrons. The van der Waals surface area contributed by atoms with Crippen molar-refractivity contribution in [1.29, 1.82) is 0 Å². The highest BCUT2D eigenvalue weighted by Gasteiger charge is 2.33. The van der Waals surface area contributed by atoms with E-state index in [-0.39, 0.29) is 17.3 Å². The summed E-state index contributed by atoms with van der Waals surface area (Å²) in [5.74, 6) is 0.866. The molecule has 0 spiro atoms. The maximum atomic E-state index is 12.1. The van der Waals surface area contributed by atoms with Crippen molar-refractivity contribution in [3.8, 4) is 0 Å². The number of likely N-dealkylation sites (N-methyl/N-ethyl adjacent to an activating group) is 1. The molecule has 1 saturated heterocycles. The fourth-order valence-electron chi connectivity index (χ4n) is 2.94. The second-order valence-corrected chi connectivity index (χ2v) is 6.65. The maximum Gasteiger partial charge on any atom is 0.166 e. The first-order chi connectivity index (χ1) is 9.44. The maximum absolute atomic E-state index is 12.1. The Balaban J connectivity index is 1.90. The number of Topliss-reactive ketones (excluding diaryl/α,β-unsaturated/α-hetero) is 1. The van der Waals surface area contributed by atoms with E-state index in [9.17, 15) is 4.79 Å². The SMILES string of the molecule is CN1CCOC(c2ncc3c(n2)CC(C)(C)CC3=O)C1. The van der Waals surface area contributed by atoms with Gasteiger partial charge in [-0.2, -0.15) is 0 Å². The van der Waals surface area contributed by atoms with Gasteiger partial charge < -0.3 is 9.64 Å². The minimum absolute atomic E-state index is 0.0140. The molecule has 1 unspecified atom stereocenters. The molecule has 2 heterocycles. The monoisotopic (exact) mass is 275 g/mol. The third-order valence-corrected chi connectivity index (χ3v) is 4.03. The van der Waals surface area contributed by atoms with Gasteiger partial charge in [-0.25, -0.2) is 9.97 Å². The lowest BCUT2D eigenvalue weighted by Gasteiger charge is -2.31. The molecule has 3 rings (SSSR count). The fourth-order valence-corrected chi connectivity index (χ4v) is 2.94. The van der Waals surface area contributed by atoms with Gasteiger partial charge in [0.05, 0.1) is 17.9 Å². The second-order valence-electron chi connectivity index (χ2n) is 6.65. The highest BCUT2D eigenvalue weighted by Crippen LogP contribution is 2.34. The van der Waals surface area contributed by atoms with Crippen LogP contribution in [0.25, 0.3) is 0 Å². The van der Waals surface area contributed by atoms with Gasteiger partial charge in [-0.15, -0.1) is 0 Å². The molecule has 1 aromatic heterocycles. The molecule has 1 aliphatic heterocycles. The quantitative estimate of drug-likeness (QED) is 0.780. The topological polar surface area (TPSA) is 55.3 Å². The van der Waals surface area contributed by atoms with Crippen molar-refractivity contribution in [1.82, 2.24) is 14.9 Å². The van der Waals surface area contributed by atoms with Gasteiger partial charge in [0.1, 0.15) is 6.10 Å². The van der Waals surface area contributed by atoms with Crippen LogP contribution in [0.2, 0.25) is 0 Å². The molecule has 2 aliphatic rings. The molecule has 1 fully saturated rings. The zero-order chi connectivity index (χ0) is 14.3. The molecule has 0 aromatic carbocycles. The Morgan fingerprint density at radius 1 is 1.40 bits per heavy atom. The average molecular weight is 275 g/mol. The molecule has 1 aromatic rings. The van der Waals surface area contributed by atoms with Crippen molar-refractivity contribution < 1.29 is 9.53 Å². The van der Waals surface area contributed by atoms with Gasteiger partial charge in [-0.05, 0) is 18.9 Å². The smallest absolute Gasteiger partial charge is 0.166 e. The first-order valence-electron chi connectivity index (χ1n) is 7.14. The molecule has 1 atom stereocenters. The summed E-state index contributed by atoms with van der Waals surface area (Å²) >= 11 is 0. The van der Waals surface area contributed by atoms with E-state index in [1.165, 1.54) is 0 Å². The number of ether oxygens (including phenoxy) is 1. The van der Waals surface area contributed by atoms with Crippen molar-refractivity contribution >= 4 is 5.78 Å². The number of hydrogen-bond acceptors (Lipinski definition) is 5. The van der Waals surface area contributed by atoms with E-state index >= 15 is 0 Å². The van der Waals surface area contributed by atoms with Gasteiger partial charge in [0, 0.05) is 25.7 Å². The Kier molecular flexibility index (Phi) is 3.34. The molecule has 108 valence electrons. The first-order valence-corrected chi connectivity index (χ1v) is 7.14. The Morgan fingerprint density at radius 2 is 2.20 bits per heavy atom. The van der Waals surface area contributed by atoms with Gasteiger partial charge in [0.2, 0.25) is 0 Å². The van der Waals surface area contributed by atoms with Gasteiger partial charge >= 0.3 is 0 Å². The fraction of sp³-hybridized carbons (Fsp3) is 0.667. The van der Waals surface area contributed by atoms with Crippen LogP contribution in [-0.4, -0.2) is 47.4 Å². The summed E-state index contributed by atoms with van der Waals surface area (Å²) in [5.41, 5.74) is 1.56. The lowest BCUT2D eigenvalue weighted by molar-refractivity contribution is -0.0256. The second kappa shape index (κ2) is 4.90. The number of carbonyl (C=O) groups excluding carboxylic acids is 1. The van der Waals surface area contributed by atoms with Crippen molar-refractivity contribution in [3.05, 3.63) is 23.3 Å². The van der Waals surface area contributed by atoms with Gasteiger partial charge in [-0.1, -0.05) is 13.8 Å². The summed E-state index contributed by atoms with van der Waals surface area (Å²) in [6, 6.07) is 0. The minimum Gasteiger partial charge on any atom is -0.368 e. The Labute approximate surface area is 119 Å². The van der Waals surface area contributed by atoms with Crippen LogP contribution >= 0.6 is 0 Å². The summed E-state index contributed by atoms with van der Waals surface area (Å²) in [6.45, 7) is 6.66. The van der Waals surface area contributed by atoms with Crippen molar-refractivity contribution in [2.75, 3.05) is 26.7 Å². The molecule has 5 heteroatoms. The molecule has 20 heavy (non-hydrogen) atoms. The summed E-state index contributed by atoms with van der Waals surface area (Å²) in [7, 11) is 2.07. The van der Waals surface area contributed by atoms with E-state index in [1.807, 2.05) is 0 Å². The van der Waals surface area contributed by atoms with E-state index in [0.717, 1.165) is 25.2 Å². The number of nitrogens with zero attached hydrogens (tertiary/aromatic N) is 3. The number of aromatic nitrogens is 2. The summed E-state index contributed by atoms with van der Waals surface area (Å²) < 4.78 is 5.75. The molecular weight excluding hydrogens is 254 g/mol. The standard InChI is InChI=1S/C15H21N3O2/c1-15(2)6-11-10(12(19)7-15)8-16-14(17-11)13-9-18(3)4-5-20-13/h8,13H,4-7,9H2,1-3H3. The van der Waals surface area contributed by atoms with E-state index in [1.54, 1.807) is 6.20 Å². The van der Waals surface area contributed by atoms with Crippen molar-refractivity contribution in [3.63, 3.8) is 0 Å². The Hall–Kier alpha value is -1.33. The summed E-state index contributed by atoms with van der Waals surface area (Å²) in [5, 5.41) is 0. The predicted octanol–water partition coefficient (Wildman–Crippen LogP) is 1.63. The molecular formula is C15H21N3O2. The Bertz CT molecular complexity index is 542. The zero-order valence-corrected chi connectivity index (χ0v) is 12.3. The molecule has 0 N–H and O–H groups in total. The van der Waals surface area contributed by atoms with Crippen LogP contribution in [0.5, 0.6) is 0 Å². The highest BCUT2D eigenvalue weighted by atomic mass is 16.5. The highest BCUT2D eigenvalue weighted by molar-refractivity contribution is 5.98. The Morgan fingerprint density at radius 3 is 2.95 bits per heavy atom. The van der Waals surface area contributed by atoms with Crippen LogP contribution in [0.4, 0.5) is 0 Å². The molecule has 5 nitrogen and oxygen atoms in total. The number of ketones is 1. The van der Waals surface area contributed by atoms with E-state index in [2.05, 4.69) is 35.8 Å². The van der Waals surface area contributed by atoms with E-state index in [4.69, 9.17) is 4.74 Å². The van der Waals surface area contributed by atoms with Crippen LogP contribution < -0.4 is 0 Å². The normalized spacial score (nSPS) is 26.4. The zero-order valence-electron chi connectivity index (χ0n) is 12.3. The summed E-state index contributed by atoms with van der Waals surface area (Å²) in [4.78, 5) is 23.3. The lowest BCUT2D eigenvalue weighted by Crippen LogP contribution is -2.36. The van der Waals surface area contributed by atoms with Crippen LogP contribution in [0.15, 0.2) is 6.20 Å². The number of hydrogen-bond donors (Lipinski definition) is 0. The number of carbonyl (C=O) groups is 1. The van der Waals surface area contributed by atoms with Gasteiger partial charge in [0.25, 0.3) is 0 Å². The first kappa shape index (κ1) is 13.6. The van der Waals surface area contributed by atoms with E-state index in [0.29, 0.717) is 24.4 Å². The van der Waals surface area contributed by atoms with Crippen LogP contribution in [0.1, 0.15) is 48.2 Å². The average Bonchev–Trinajstić information content (AvgIpc) is 2.36. The van der Waals surface area contributed by atoms with Crippen LogP contribution in [0.3, 0.4) is 0 Å². The molecule has 0 bridgehead atoms. The number of rotatable bonds is 1. The van der Waals surface area contributed by atoms with Gasteiger partial charge in [-0.3, -0.25) is 4.79 Å². The molecule has 1 aliphatic carbocycles. The minimum atomic E-state index is -0.0841. The van der Waals surface area contributed by atoms with Crippen molar-refractivity contribution in [2.24, 2.45) is 5.41 Å². The third-order valence-electron chi connectivity index (χ3n) is 4.03. The number of morpholine rings is 1. The lowest BCUT2D eigenvalue weighted by atomic mass is 9.76. The molecule has 0 amide bonds. The van der Waals surface area contributed by atoms with Crippen molar-refractivity contribution in [2.45, 2.75) is 32.8 Å².